The monoisotopic (exact) mass is 262 g/mol. The highest BCUT2D eigenvalue weighted by molar-refractivity contribution is 7.92. The highest BCUT2D eigenvalue weighted by atomic mass is 32.2. The topological polar surface area (TPSA) is 89.8 Å². The Labute approximate surface area is 105 Å². The van der Waals surface area contributed by atoms with Crippen LogP contribution in [0.1, 0.15) is 5.56 Å². The first kappa shape index (κ1) is 12.1. The Kier molecular flexibility index (Phi) is 3.04. The quantitative estimate of drug-likeness (QED) is 0.897. The molecule has 1 N–H and O–H groups in total. The third-order valence-corrected chi connectivity index (χ3v) is 4.13. The number of aromatic amines is 1. The zero-order chi connectivity index (χ0) is 13.2. The molecule has 0 saturated heterocycles. The van der Waals surface area contributed by atoms with Crippen molar-refractivity contribution in [3.05, 3.63) is 42.2 Å². The van der Waals surface area contributed by atoms with Crippen LogP contribution in [0.15, 0.2) is 41.7 Å². The van der Waals surface area contributed by atoms with E-state index in [4.69, 9.17) is 5.26 Å². The van der Waals surface area contributed by atoms with Crippen LogP contribution in [0.2, 0.25) is 0 Å². The third kappa shape index (κ3) is 2.06. The zero-order valence-corrected chi connectivity index (χ0v) is 10.3. The summed E-state index contributed by atoms with van der Waals surface area (Å²) in [7, 11) is -2.23. The van der Waals surface area contributed by atoms with Gasteiger partial charge in [0.2, 0.25) is 0 Å². The SMILES string of the molecule is CN(c1ccc(C#N)cn1)S(=O)(=O)c1ccc[nH]1. The second-order valence-electron chi connectivity index (χ2n) is 3.52. The van der Waals surface area contributed by atoms with Crippen LogP contribution in [0.25, 0.3) is 0 Å². The van der Waals surface area contributed by atoms with E-state index in [1.807, 2.05) is 6.07 Å². The molecule has 18 heavy (non-hydrogen) atoms. The van der Waals surface area contributed by atoms with E-state index in [1.165, 1.54) is 37.6 Å². The molecule has 0 radical (unpaired) electrons. The minimum atomic E-state index is -3.64. The van der Waals surface area contributed by atoms with E-state index >= 15 is 0 Å². The van der Waals surface area contributed by atoms with Gasteiger partial charge in [-0.2, -0.15) is 13.7 Å². The second kappa shape index (κ2) is 4.50. The molecular formula is C11H10N4O2S. The zero-order valence-electron chi connectivity index (χ0n) is 9.53. The molecular weight excluding hydrogens is 252 g/mol. The molecule has 0 aliphatic carbocycles. The Hall–Kier alpha value is -2.33. The number of pyridine rings is 1. The molecule has 0 spiro atoms. The molecule has 2 aromatic rings. The number of anilines is 1. The van der Waals surface area contributed by atoms with Gasteiger partial charge < -0.3 is 4.98 Å². The van der Waals surface area contributed by atoms with E-state index in [1.54, 1.807) is 6.07 Å². The van der Waals surface area contributed by atoms with Crippen LogP contribution < -0.4 is 4.31 Å². The summed E-state index contributed by atoms with van der Waals surface area (Å²) >= 11 is 0. The third-order valence-electron chi connectivity index (χ3n) is 2.41. The number of hydrogen-bond donors (Lipinski definition) is 1. The van der Waals surface area contributed by atoms with Crippen LogP contribution >= 0.6 is 0 Å². The van der Waals surface area contributed by atoms with E-state index in [0.717, 1.165) is 4.31 Å². The Balaban J connectivity index is 2.37. The molecule has 2 heterocycles. The van der Waals surface area contributed by atoms with Crippen molar-refractivity contribution in [2.45, 2.75) is 5.03 Å². The Morgan fingerprint density at radius 2 is 2.17 bits per heavy atom. The molecule has 0 fully saturated rings. The van der Waals surface area contributed by atoms with Gasteiger partial charge in [0.05, 0.1) is 5.56 Å². The molecule has 0 amide bonds. The maximum Gasteiger partial charge on any atom is 0.280 e. The smallest absolute Gasteiger partial charge is 0.280 e. The highest BCUT2D eigenvalue weighted by Crippen LogP contribution is 2.18. The Morgan fingerprint density at radius 1 is 1.39 bits per heavy atom. The lowest BCUT2D eigenvalue weighted by Crippen LogP contribution is -2.27. The number of nitrogens with one attached hydrogen (secondary N) is 1. The summed E-state index contributed by atoms with van der Waals surface area (Å²) in [5, 5.41) is 8.74. The lowest BCUT2D eigenvalue weighted by Gasteiger charge is -2.17. The second-order valence-corrected chi connectivity index (χ2v) is 5.46. The van der Waals surface area contributed by atoms with Crippen molar-refractivity contribution >= 4 is 15.8 Å². The van der Waals surface area contributed by atoms with Crippen LogP contribution in [-0.4, -0.2) is 25.4 Å². The van der Waals surface area contributed by atoms with Crippen LogP contribution in [0.3, 0.4) is 0 Å². The Morgan fingerprint density at radius 3 is 2.67 bits per heavy atom. The van der Waals surface area contributed by atoms with Crippen LogP contribution in [0.4, 0.5) is 5.82 Å². The summed E-state index contributed by atoms with van der Waals surface area (Å²) in [5.74, 6) is 0.253. The summed E-state index contributed by atoms with van der Waals surface area (Å²) in [4.78, 5) is 6.58. The number of rotatable bonds is 3. The summed E-state index contributed by atoms with van der Waals surface area (Å²) in [6, 6.07) is 8.00. The number of H-pyrrole nitrogens is 1. The molecule has 7 heteroatoms. The first-order valence-electron chi connectivity index (χ1n) is 5.04. The molecule has 92 valence electrons. The van der Waals surface area contributed by atoms with Gasteiger partial charge >= 0.3 is 0 Å². The number of sulfonamides is 1. The van der Waals surface area contributed by atoms with Crippen molar-refractivity contribution in [2.75, 3.05) is 11.4 Å². The van der Waals surface area contributed by atoms with Gasteiger partial charge in [-0.05, 0) is 24.3 Å². The first-order valence-corrected chi connectivity index (χ1v) is 6.48. The van der Waals surface area contributed by atoms with E-state index < -0.39 is 10.0 Å². The molecule has 6 nitrogen and oxygen atoms in total. The van der Waals surface area contributed by atoms with E-state index in [-0.39, 0.29) is 10.8 Å². The van der Waals surface area contributed by atoms with Gasteiger partial charge in [-0.25, -0.2) is 4.98 Å². The summed E-state index contributed by atoms with van der Waals surface area (Å²) < 4.78 is 25.3. The van der Waals surface area contributed by atoms with Crippen molar-refractivity contribution in [2.24, 2.45) is 0 Å². The predicted octanol–water partition coefficient (Wildman–Crippen LogP) is 1.11. The normalized spacial score (nSPS) is 10.9. The Bertz CT molecular complexity index is 669. The molecule has 2 rings (SSSR count). The van der Waals surface area contributed by atoms with Crippen molar-refractivity contribution in [3.8, 4) is 6.07 Å². The van der Waals surface area contributed by atoms with Gasteiger partial charge in [-0.1, -0.05) is 0 Å². The van der Waals surface area contributed by atoms with E-state index in [2.05, 4.69) is 9.97 Å². The summed E-state index contributed by atoms with van der Waals surface area (Å²) in [6.45, 7) is 0. The van der Waals surface area contributed by atoms with Crippen LogP contribution in [-0.2, 0) is 10.0 Å². The number of nitrogens with zero attached hydrogens (tertiary/aromatic N) is 3. The van der Waals surface area contributed by atoms with Gasteiger partial charge in [-0.15, -0.1) is 0 Å². The maximum atomic E-state index is 12.1. The van der Waals surface area contributed by atoms with E-state index in [0.29, 0.717) is 5.56 Å². The molecule has 0 atom stereocenters. The maximum absolute atomic E-state index is 12.1. The molecule has 0 saturated carbocycles. The largest absolute Gasteiger partial charge is 0.351 e. The fraction of sp³-hybridized carbons (Fsp3) is 0.0909. The van der Waals surface area contributed by atoms with Gasteiger partial charge in [0.25, 0.3) is 10.0 Å². The number of aromatic nitrogens is 2. The highest BCUT2D eigenvalue weighted by Gasteiger charge is 2.22. The molecule has 0 aliphatic heterocycles. The molecule has 2 aromatic heterocycles. The molecule has 0 aliphatic rings. The standard InChI is InChI=1S/C11H10N4O2S/c1-15(10-5-4-9(7-12)8-14-10)18(16,17)11-3-2-6-13-11/h2-6,8,13H,1H3. The van der Waals surface area contributed by atoms with Crippen molar-refractivity contribution < 1.29 is 8.42 Å². The molecule has 0 bridgehead atoms. The predicted molar refractivity (Wildman–Crippen MR) is 65.3 cm³/mol. The lowest BCUT2D eigenvalue weighted by molar-refractivity contribution is 0.591. The van der Waals surface area contributed by atoms with E-state index in [9.17, 15) is 8.42 Å². The summed E-state index contributed by atoms with van der Waals surface area (Å²) in [5.41, 5.74) is 0.379. The average molecular weight is 262 g/mol. The number of hydrogen-bond acceptors (Lipinski definition) is 4. The van der Waals surface area contributed by atoms with Gasteiger partial charge in [0.1, 0.15) is 11.9 Å². The minimum absolute atomic E-state index is 0.0937. The lowest BCUT2D eigenvalue weighted by atomic mass is 10.3. The molecule has 0 aromatic carbocycles. The van der Waals surface area contributed by atoms with Crippen LogP contribution in [0, 0.1) is 11.3 Å². The van der Waals surface area contributed by atoms with Crippen LogP contribution in [0.5, 0.6) is 0 Å². The molecule has 0 unspecified atom stereocenters. The fourth-order valence-corrected chi connectivity index (χ4v) is 2.50. The summed E-state index contributed by atoms with van der Waals surface area (Å²) in [6.07, 6.45) is 2.86. The van der Waals surface area contributed by atoms with Gasteiger partial charge in [0.15, 0.2) is 5.03 Å². The fourth-order valence-electron chi connectivity index (χ4n) is 1.38. The average Bonchev–Trinajstić information content (AvgIpc) is 2.92. The minimum Gasteiger partial charge on any atom is -0.351 e. The van der Waals surface area contributed by atoms with Gasteiger partial charge in [0, 0.05) is 19.4 Å². The first-order chi connectivity index (χ1) is 8.55. The number of nitriles is 1. The van der Waals surface area contributed by atoms with Crippen molar-refractivity contribution in [1.29, 1.82) is 5.26 Å². The van der Waals surface area contributed by atoms with Crippen molar-refractivity contribution in [1.82, 2.24) is 9.97 Å². The van der Waals surface area contributed by atoms with Crippen molar-refractivity contribution in [3.63, 3.8) is 0 Å². The van der Waals surface area contributed by atoms with Gasteiger partial charge in [-0.3, -0.25) is 4.31 Å².